The molecule has 0 unspecified atom stereocenters. The van der Waals surface area contributed by atoms with Crippen molar-refractivity contribution in [1.29, 1.82) is 0 Å². The molecule has 1 amide bonds. The van der Waals surface area contributed by atoms with Gasteiger partial charge in [-0.15, -0.1) is 0 Å². The van der Waals surface area contributed by atoms with Crippen LogP contribution in [0.25, 0.3) is 0 Å². The van der Waals surface area contributed by atoms with Gasteiger partial charge >= 0.3 is 0 Å². The van der Waals surface area contributed by atoms with Crippen LogP contribution >= 0.6 is 11.6 Å². The summed E-state index contributed by atoms with van der Waals surface area (Å²) < 4.78 is 0. The van der Waals surface area contributed by atoms with Crippen molar-refractivity contribution in [3.63, 3.8) is 0 Å². The molecule has 0 atom stereocenters. The first-order valence-corrected chi connectivity index (χ1v) is 7.78. The van der Waals surface area contributed by atoms with Gasteiger partial charge in [0.05, 0.1) is 6.54 Å². The van der Waals surface area contributed by atoms with E-state index in [-0.39, 0.29) is 11.4 Å². The number of benzene rings is 1. The lowest BCUT2D eigenvalue weighted by Crippen LogP contribution is -2.37. The fourth-order valence-corrected chi connectivity index (χ4v) is 2.52. The lowest BCUT2D eigenvalue weighted by Gasteiger charge is -2.27. The normalized spacial score (nSPS) is 16.6. The van der Waals surface area contributed by atoms with Crippen molar-refractivity contribution in [2.75, 3.05) is 24.5 Å². The van der Waals surface area contributed by atoms with Crippen LogP contribution in [0, 0.1) is 0 Å². The lowest BCUT2D eigenvalue weighted by atomic mass is 10.1. The Labute approximate surface area is 131 Å². The molecule has 21 heavy (non-hydrogen) atoms. The zero-order chi connectivity index (χ0) is 15.5. The number of nitrogens with one attached hydrogen (secondary N) is 2. The third-order valence-corrected chi connectivity index (χ3v) is 3.69. The summed E-state index contributed by atoms with van der Waals surface area (Å²) in [5.74, 6) is 0.0715. The second-order valence-corrected chi connectivity index (χ2v) is 6.94. The predicted octanol–water partition coefficient (Wildman–Crippen LogP) is 2.55. The third-order valence-electron chi connectivity index (χ3n) is 3.46. The Bertz CT molecular complexity index is 511. The highest BCUT2D eigenvalue weighted by atomic mass is 35.5. The van der Waals surface area contributed by atoms with E-state index in [9.17, 15) is 4.79 Å². The highest BCUT2D eigenvalue weighted by molar-refractivity contribution is 6.30. The van der Waals surface area contributed by atoms with E-state index in [0.717, 1.165) is 31.7 Å². The second-order valence-electron chi connectivity index (χ2n) is 6.50. The fraction of sp³-hybridized carbons (Fsp3) is 0.562. The summed E-state index contributed by atoms with van der Waals surface area (Å²) in [4.78, 5) is 13.9. The largest absolute Gasteiger partial charge is 0.362 e. The summed E-state index contributed by atoms with van der Waals surface area (Å²) in [5, 5.41) is 7.10. The molecule has 0 radical (unpaired) electrons. The van der Waals surface area contributed by atoms with Gasteiger partial charge in [0.15, 0.2) is 0 Å². The van der Waals surface area contributed by atoms with Crippen molar-refractivity contribution in [2.45, 2.75) is 39.3 Å². The molecule has 5 heteroatoms. The Kier molecular flexibility index (Phi) is 5.12. The van der Waals surface area contributed by atoms with Crippen molar-refractivity contribution in [2.24, 2.45) is 0 Å². The molecule has 2 rings (SSSR count). The Morgan fingerprint density at radius 1 is 1.38 bits per heavy atom. The minimum absolute atomic E-state index is 0.0487. The van der Waals surface area contributed by atoms with Gasteiger partial charge in [-0.1, -0.05) is 17.7 Å². The molecular formula is C16H24ClN3O. The van der Waals surface area contributed by atoms with E-state index in [2.05, 4.69) is 36.3 Å². The molecule has 0 bridgehead atoms. The van der Waals surface area contributed by atoms with E-state index in [0.29, 0.717) is 11.6 Å². The summed E-state index contributed by atoms with van der Waals surface area (Å²) >= 11 is 6.16. The molecule has 1 aliphatic heterocycles. The summed E-state index contributed by atoms with van der Waals surface area (Å²) in [7, 11) is 0. The summed E-state index contributed by atoms with van der Waals surface area (Å²) in [6, 6.07) is 5.90. The van der Waals surface area contributed by atoms with Gasteiger partial charge in [0.25, 0.3) is 0 Å². The molecule has 1 saturated heterocycles. The summed E-state index contributed by atoms with van der Waals surface area (Å²) in [6.45, 7) is 9.18. The van der Waals surface area contributed by atoms with Crippen LogP contribution in [0.4, 0.5) is 5.69 Å². The van der Waals surface area contributed by atoms with Crippen LogP contribution < -0.4 is 15.5 Å². The van der Waals surface area contributed by atoms with Crippen molar-refractivity contribution >= 4 is 23.2 Å². The molecule has 116 valence electrons. The molecule has 1 fully saturated rings. The van der Waals surface area contributed by atoms with Gasteiger partial charge in [0, 0.05) is 35.9 Å². The lowest BCUT2D eigenvalue weighted by molar-refractivity contribution is -0.119. The van der Waals surface area contributed by atoms with E-state index in [1.54, 1.807) is 0 Å². The first-order chi connectivity index (χ1) is 9.85. The van der Waals surface area contributed by atoms with Gasteiger partial charge in [-0.2, -0.15) is 0 Å². The van der Waals surface area contributed by atoms with Crippen LogP contribution in [0.3, 0.4) is 0 Å². The average Bonchev–Trinajstić information content (AvgIpc) is 2.61. The van der Waals surface area contributed by atoms with Crippen LogP contribution in [0.1, 0.15) is 32.8 Å². The second kappa shape index (κ2) is 6.67. The number of rotatable bonds is 3. The van der Waals surface area contributed by atoms with E-state index in [1.807, 2.05) is 18.2 Å². The maximum absolute atomic E-state index is 11.8. The maximum atomic E-state index is 11.8. The third kappa shape index (κ3) is 4.90. The standard InChI is InChI=1S/C16H24ClN3O/c1-16(2,3)19-10-12-5-6-13(17)9-14(12)20-8-4-7-18-15(21)11-20/h5-6,9,19H,4,7-8,10-11H2,1-3H3,(H,18,21). The number of carbonyl (C=O) groups excluding carboxylic acids is 1. The highest BCUT2D eigenvalue weighted by Gasteiger charge is 2.19. The van der Waals surface area contributed by atoms with Gasteiger partial charge in [-0.25, -0.2) is 0 Å². The predicted molar refractivity (Wildman–Crippen MR) is 87.9 cm³/mol. The van der Waals surface area contributed by atoms with Crippen LogP contribution in [-0.2, 0) is 11.3 Å². The topological polar surface area (TPSA) is 44.4 Å². The Morgan fingerprint density at radius 3 is 2.86 bits per heavy atom. The number of anilines is 1. The zero-order valence-corrected chi connectivity index (χ0v) is 13.8. The number of nitrogens with zero attached hydrogens (tertiary/aromatic N) is 1. The molecule has 4 nitrogen and oxygen atoms in total. The Morgan fingerprint density at radius 2 is 2.14 bits per heavy atom. The van der Waals surface area contributed by atoms with Gasteiger partial charge < -0.3 is 15.5 Å². The number of carbonyl (C=O) groups is 1. The number of halogens is 1. The van der Waals surface area contributed by atoms with Crippen molar-refractivity contribution in [3.8, 4) is 0 Å². The zero-order valence-electron chi connectivity index (χ0n) is 13.0. The van der Waals surface area contributed by atoms with Gasteiger partial charge in [0.1, 0.15) is 0 Å². The molecule has 1 aromatic rings. The van der Waals surface area contributed by atoms with E-state index < -0.39 is 0 Å². The van der Waals surface area contributed by atoms with E-state index in [4.69, 9.17) is 11.6 Å². The summed E-state index contributed by atoms with van der Waals surface area (Å²) in [6.07, 6.45) is 0.949. The minimum atomic E-state index is 0.0487. The molecule has 1 aromatic carbocycles. The molecule has 0 saturated carbocycles. The van der Waals surface area contributed by atoms with E-state index in [1.165, 1.54) is 5.56 Å². The SMILES string of the molecule is CC(C)(C)NCc1ccc(Cl)cc1N1CCCNC(=O)C1. The van der Waals surface area contributed by atoms with Gasteiger partial charge in [-0.3, -0.25) is 4.79 Å². The number of hydrogen-bond donors (Lipinski definition) is 2. The molecular weight excluding hydrogens is 286 g/mol. The quantitative estimate of drug-likeness (QED) is 0.902. The smallest absolute Gasteiger partial charge is 0.239 e. The molecule has 2 N–H and O–H groups in total. The van der Waals surface area contributed by atoms with Crippen molar-refractivity contribution < 1.29 is 4.79 Å². The molecule has 0 spiro atoms. The Hall–Kier alpha value is -1.26. The Balaban J connectivity index is 2.23. The monoisotopic (exact) mass is 309 g/mol. The molecule has 0 aliphatic carbocycles. The molecule has 1 aliphatic rings. The van der Waals surface area contributed by atoms with E-state index >= 15 is 0 Å². The van der Waals surface area contributed by atoms with Gasteiger partial charge in [-0.05, 0) is 44.9 Å². The van der Waals surface area contributed by atoms with Gasteiger partial charge in [0.2, 0.25) is 5.91 Å². The molecule has 0 aromatic heterocycles. The minimum Gasteiger partial charge on any atom is -0.362 e. The number of hydrogen-bond acceptors (Lipinski definition) is 3. The summed E-state index contributed by atoms with van der Waals surface area (Å²) in [5.41, 5.74) is 2.27. The first-order valence-electron chi connectivity index (χ1n) is 7.40. The van der Waals surface area contributed by atoms with Crippen LogP contribution in [0.15, 0.2) is 18.2 Å². The van der Waals surface area contributed by atoms with Crippen LogP contribution in [-0.4, -0.2) is 31.1 Å². The van der Waals surface area contributed by atoms with Crippen LogP contribution in [0.2, 0.25) is 5.02 Å². The van der Waals surface area contributed by atoms with Crippen molar-refractivity contribution in [1.82, 2.24) is 10.6 Å². The first kappa shape index (κ1) is 16.1. The maximum Gasteiger partial charge on any atom is 0.239 e. The highest BCUT2D eigenvalue weighted by Crippen LogP contribution is 2.26. The fourth-order valence-electron chi connectivity index (χ4n) is 2.35. The molecule has 1 heterocycles. The number of amides is 1. The average molecular weight is 310 g/mol. The van der Waals surface area contributed by atoms with Crippen molar-refractivity contribution in [3.05, 3.63) is 28.8 Å². The van der Waals surface area contributed by atoms with Crippen LogP contribution in [0.5, 0.6) is 0 Å².